The van der Waals surface area contributed by atoms with Gasteiger partial charge in [-0.2, -0.15) is 0 Å². The topological polar surface area (TPSA) is 70.2 Å². The van der Waals surface area contributed by atoms with E-state index in [0.29, 0.717) is 26.0 Å². The number of urea groups is 1. The second-order valence-corrected chi connectivity index (χ2v) is 7.81. The number of hydrogen-bond donors (Lipinski definition) is 0. The van der Waals surface area contributed by atoms with Gasteiger partial charge in [-0.1, -0.05) is 31.4 Å². The lowest BCUT2D eigenvalue weighted by molar-refractivity contribution is -0.140. The summed E-state index contributed by atoms with van der Waals surface area (Å²) in [6.07, 6.45) is 4.31. The average Bonchev–Trinajstić information content (AvgIpc) is 2.85. The van der Waals surface area contributed by atoms with Crippen molar-refractivity contribution in [3.63, 3.8) is 0 Å². The zero-order valence-corrected chi connectivity index (χ0v) is 16.9. The van der Waals surface area contributed by atoms with Crippen molar-refractivity contribution in [2.75, 3.05) is 33.8 Å². The number of benzene rings is 1. The molecule has 1 saturated heterocycles. The molecule has 0 N–H and O–H groups in total. The number of hydrogen-bond acceptors (Lipinski definition) is 4. The predicted molar refractivity (Wildman–Crippen MR) is 105 cm³/mol. The Bertz CT molecular complexity index is 758. The van der Waals surface area contributed by atoms with Crippen LogP contribution in [0.3, 0.4) is 0 Å². The molecule has 4 amide bonds. The molecular formula is C21H29N3O4. The van der Waals surface area contributed by atoms with Crippen LogP contribution in [0.2, 0.25) is 0 Å². The first-order valence-corrected chi connectivity index (χ1v) is 9.88. The molecule has 1 heterocycles. The van der Waals surface area contributed by atoms with Crippen LogP contribution in [0.4, 0.5) is 4.79 Å². The first-order valence-electron chi connectivity index (χ1n) is 9.88. The summed E-state index contributed by atoms with van der Waals surface area (Å²) >= 11 is 0. The van der Waals surface area contributed by atoms with E-state index in [1.54, 1.807) is 19.0 Å². The second kappa shape index (κ2) is 8.20. The summed E-state index contributed by atoms with van der Waals surface area (Å²) in [7, 11) is 3.34. The highest BCUT2D eigenvalue weighted by atomic mass is 16.5. The summed E-state index contributed by atoms with van der Waals surface area (Å²) in [4.78, 5) is 42.3. The molecule has 1 aromatic rings. The van der Waals surface area contributed by atoms with Gasteiger partial charge in [0, 0.05) is 14.1 Å². The monoisotopic (exact) mass is 387 g/mol. The minimum Gasteiger partial charge on any atom is -0.492 e. The molecule has 0 unspecified atom stereocenters. The van der Waals surface area contributed by atoms with Crippen molar-refractivity contribution in [2.24, 2.45) is 0 Å². The Kier molecular flexibility index (Phi) is 5.91. The Labute approximate surface area is 166 Å². The van der Waals surface area contributed by atoms with Crippen LogP contribution in [0.1, 0.15) is 37.7 Å². The Morgan fingerprint density at radius 2 is 1.93 bits per heavy atom. The largest absolute Gasteiger partial charge is 0.492 e. The van der Waals surface area contributed by atoms with E-state index in [2.05, 4.69) is 0 Å². The van der Waals surface area contributed by atoms with Gasteiger partial charge in [0.15, 0.2) is 0 Å². The molecule has 1 spiro atoms. The highest BCUT2D eigenvalue weighted by molar-refractivity contribution is 6.08. The van der Waals surface area contributed by atoms with Gasteiger partial charge in [-0.25, -0.2) is 4.79 Å². The summed E-state index contributed by atoms with van der Waals surface area (Å²) in [5.41, 5.74) is 0.358. The van der Waals surface area contributed by atoms with Gasteiger partial charge in [-0.15, -0.1) is 0 Å². The van der Waals surface area contributed by atoms with Crippen LogP contribution in [-0.2, 0) is 9.59 Å². The van der Waals surface area contributed by atoms with Crippen molar-refractivity contribution >= 4 is 17.8 Å². The molecule has 1 aliphatic heterocycles. The standard InChI is InChI=1S/C21H29N3O4/c1-16-8-7-9-17(14-16)28-13-12-22(2)18(25)15-24-19(26)21(23(3)20(24)27)10-5-4-6-11-21/h7-9,14H,4-6,10-13,15H2,1-3H3. The molecule has 0 aromatic heterocycles. The van der Waals surface area contributed by atoms with Crippen molar-refractivity contribution in [2.45, 2.75) is 44.6 Å². The maximum absolute atomic E-state index is 13.0. The Hall–Kier alpha value is -2.57. The number of aryl methyl sites for hydroxylation is 1. The van der Waals surface area contributed by atoms with Gasteiger partial charge in [-0.3, -0.25) is 14.5 Å². The number of carbonyl (C=O) groups is 3. The van der Waals surface area contributed by atoms with Crippen LogP contribution in [0, 0.1) is 6.92 Å². The van der Waals surface area contributed by atoms with Gasteiger partial charge < -0.3 is 14.5 Å². The third-order valence-corrected chi connectivity index (χ3v) is 5.89. The normalized spacial score (nSPS) is 18.7. The van der Waals surface area contributed by atoms with Crippen molar-refractivity contribution < 1.29 is 19.1 Å². The minimum absolute atomic E-state index is 0.218. The van der Waals surface area contributed by atoms with E-state index < -0.39 is 5.54 Å². The first-order chi connectivity index (χ1) is 13.3. The summed E-state index contributed by atoms with van der Waals surface area (Å²) in [6.45, 7) is 2.49. The van der Waals surface area contributed by atoms with Crippen LogP contribution in [-0.4, -0.2) is 71.9 Å². The van der Waals surface area contributed by atoms with E-state index in [4.69, 9.17) is 4.74 Å². The van der Waals surface area contributed by atoms with E-state index in [9.17, 15) is 14.4 Å². The van der Waals surface area contributed by atoms with Crippen LogP contribution in [0.5, 0.6) is 5.75 Å². The summed E-state index contributed by atoms with van der Waals surface area (Å²) in [6, 6.07) is 7.34. The third kappa shape index (κ3) is 3.84. The van der Waals surface area contributed by atoms with E-state index >= 15 is 0 Å². The minimum atomic E-state index is -0.748. The van der Waals surface area contributed by atoms with Gasteiger partial charge in [0.1, 0.15) is 24.4 Å². The van der Waals surface area contributed by atoms with E-state index in [0.717, 1.165) is 35.5 Å². The SMILES string of the molecule is Cc1cccc(OCCN(C)C(=O)CN2C(=O)N(C)C3(CCCCC3)C2=O)c1. The quantitative estimate of drug-likeness (QED) is 0.703. The average molecular weight is 387 g/mol. The molecule has 1 saturated carbocycles. The molecule has 1 aliphatic carbocycles. The fraction of sp³-hybridized carbons (Fsp3) is 0.571. The summed E-state index contributed by atoms with van der Waals surface area (Å²) in [5, 5.41) is 0. The van der Waals surface area contributed by atoms with Gasteiger partial charge >= 0.3 is 6.03 Å². The number of amides is 4. The van der Waals surface area contributed by atoms with Crippen LogP contribution >= 0.6 is 0 Å². The third-order valence-electron chi connectivity index (χ3n) is 5.89. The maximum Gasteiger partial charge on any atom is 0.327 e. The zero-order valence-electron chi connectivity index (χ0n) is 16.9. The molecule has 152 valence electrons. The summed E-state index contributed by atoms with van der Waals surface area (Å²) in [5.74, 6) is 0.264. The fourth-order valence-corrected chi connectivity index (χ4v) is 4.06. The molecule has 7 nitrogen and oxygen atoms in total. The number of ether oxygens (including phenoxy) is 1. The van der Waals surface area contributed by atoms with Crippen molar-refractivity contribution in [3.05, 3.63) is 29.8 Å². The highest BCUT2D eigenvalue weighted by Gasteiger charge is 2.55. The van der Waals surface area contributed by atoms with E-state index in [1.165, 1.54) is 4.90 Å². The maximum atomic E-state index is 13.0. The zero-order chi connectivity index (χ0) is 20.3. The smallest absolute Gasteiger partial charge is 0.327 e. The number of rotatable bonds is 6. The van der Waals surface area contributed by atoms with Crippen molar-refractivity contribution in [3.8, 4) is 5.75 Å². The van der Waals surface area contributed by atoms with Crippen LogP contribution < -0.4 is 4.74 Å². The Balaban J connectivity index is 1.54. The highest BCUT2D eigenvalue weighted by Crippen LogP contribution is 2.39. The van der Waals surface area contributed by atoms with E-state index in [1.807, 2.05) is 31.2 Å². The van der Waals surface area contributed by atoms with E-state index in [-0.39, 0.29) is 24.4 Å². The van der Waals surface area contributed by atoms with Crippen molar-refractivity contribution in [1.29, 1.82) is 0 Å². The number of nitrogens with zero attached hydrogens (tertiary/aromatic N) is 3. The molecule has 3 rings (SSSR count). The lowest BCUT2D eigenvalue weighted by Gasteiger charge is -2.35. The van der Waals surface area contributed by atoms with Gasteiger partial charge in [0.25, 0.3) is 5.91 Å². The molecule has 0 bridgehead atoms. The Morgan fingerprint density at radius 1 is 1.21 bits per heavy atom. The number of imide groups is 1. The molecule has 2 fully saturated rings. The number of carbonyl (C=O) groups excluding carboxylic acids is 3. The molecular weight excluding hydrogens is 358 g/mol. The second-order valence-electron chi connectivity index (χ2n) is 7.81. The van der Waals surface area contributed by atoms with Gasteiger partial charge in [0.05, 0.1) is 6.54 Å². The molecule has 0 atom stereocenters. The van der Waals surface area contributed by atoms with Gasteiger partial charge in [-0.05, 0) is 37.5 Å². The fourth-order valence-electron chi connectivity index (χ4n) is 4.06. The lowest BCUT2D eigenvalue weighted by atomic mass is 9.81. The van der Waals surface area contributed by atoms with Crippen LogP contribution in [0.25, 0.3) is 0 Å². The first kappa shape index (κ1) is 20.2. The predicted octanol–water partition coefficient (Wildman–Crippen LogP) is 2.43. The lowest BCUT2D eigenvalue weighted by Crippen LogP contribution is -2.49. The van der Waals surface area contributed by atoms with Crippen molar-refractivity contribution in [1.82, 2.24) is 14.7 Å². The Morgan fingerprint density at radius 3 is 2.61 bits per heavy atom. The number of likely N-dealkylation sites (N-methyl/N-ethyl adjacent to an activating group) is 2. The molecule has 28 heavy (non-hydrogen) atoms. The molecule has 2 aliphatic rings. The summed E-state index contributed by atoms with van der Waals surface area (Å²) < 4.78 is 5.68. The van der Waals surface area contributed by atoms with Crippen LogP contribution in [0.15, 0.2) is 24.3 Å². The van der Waals surface area contributed by atoms with Gasteiger partial charge in [0.2, 0.25) is 5.91 Å². The molecule has 7 heteroatoms. The molecule has 1 aromatic carbocycles. The molecule has 0 radical (unpaired) electrons.